The van der Waals surface area contributed by atoms with Crippen molar-refractivity contribution in [3.05, 3.63) is 53.6 Å². The number of phenols is 4. The fourth-order valence-electron chi connectivity index (χ4n) is 2.53. The summed E-state index contributed by atoms with van der Waals surface area (Å²) in [6.07, 6.45) is 2.62. The maximum absolute atomic E-state index is 12.6. The van der Waals surface area contributed by atoms with Crippen molar-refractivity contribution in [1.29, 1.82) is 0 Å². The third-order valence-corrected chi connectivity index (χ3v) is 3.91. The predicted molar refractivity (Wildman–Crippen MR) is 110 cm³/mol. The van der Waals surface area contributed by atoms with E-state index < -0.39 is 23.5 Å². The molecule has 1 atom stereocenters. The second-order valence-electron chi connectivity index (χ2n) is 7.70. The number of amides is 1. The van der Waals surface area contributed by atoms with Gasteiger partial charge in [0.15, 0.2) is 23.0 Å². The molecule has 0 saturated carbocycles. The van der Waals surface area contributed by atoms with Crippen molar-refractivity contribution in [2.24, 2.45) is 0 Å². The van der Waals surface area contributed by atoms with Gasteiger partial charge in [-0.2, -0.15) is 0 Å². The van der Waals surface area contributed by atoms with Gasteiger partial charge in [-0.25, -0.2) is 4.79 Å². The SMILES string of the molecule is CC(C)(C)OC(=O)[C@H](Cc1ccc(O)c(O)c1)NC(=O)/C=C/c1ccc(O)c(O)c1. The molecule has 8 heteroatoms. The Balaban J connectivity index is 2.17. The van der Waals surface area contributed by atoms with E-state index >= 15 is 0 Å². The lowest BCUT2D eigenvalue weighted by molar-refractivity contribution is -0.158. The van der Waals surface area contributed by atoms with Crippen LogP contribution in [0.25, 0.3) is 6.08 Å². The van der Waals surface area contributed by atoms with Gasteiger partial charge in [0.25, 0.3) is 0 Å². The van der Waals surface area contributed by atoms with Gasteiger partial charge in [-0.15, -0.1) is 0 Å². The zero-order valence-corrected chi connectivity index (χ0v) is 16.9. The van der Waals surface area contributed by atoms with Gasteiger partial charge in [-0.1, -0.05) is 12.1 Å². The summed E-state index contributed by atoms with van der Waals surface area (Å²) in [5.74, 6) is -2.47. The van der Waals surface area contributed by atoms with E-state index in [2.05, 4.69) is 5.32 Å². The lowest BCUT2D eigenvalue weighted by Crippen LogP contribution is -2.45. The Hall–Kier alpha value is -3.68. The Kier molecular flexibility index (Phi) is 6.94. The molecule has 2 aromatic carbocycles. The van der Waals surface area contributed by atoms with E-state index in [0.717, 1.165) is 0 Å². The molecule has 0 radical (unpaired) electrons. The molecule has 0 bridgehead atoms. The molecule has 0 unspecified atom stereocenters. The van der Waals surface area contributed by atoms with E-state index in [9.17, 15) is 30.0 Å². The zero-order chi connectivity index (χ0) is 22.5. The number of carbonyl (C=O) groups is 2. The van der Waals surface area contributed by atoms with Crippen molar-refractivity contribution in [2.75, 3.05) is 0 Å². The van der Waals surface area contributed by atoms with Gasteiger partial charge in [0.1, 0.15) is 11.6 Å². The fourth-order valence-corrected chi connectivity index (χ4v) is 2.53. The summed E-state index contributed by atoms with van der Waals surface area (Å²) in [6, 6.07) is 7.14. The highest BCUT2D eigenvalue weighted by molar-refractivity contribution is 5.94. The summed E-state index contributed by atoms with van der Waals surface area (Å²) in [5, 5.41) is 40.5. The van der Waals surface area contributed by atoms with Crippen LogP contribution in [0.3, 0.4) is 0 Å². The molecule has 0 aliphatic heterocycles. The van der Waals surface area contributed by atoms with Crippen molar-refractivity contribution in [2.45, 2.75) is 38.8 Å². The van der Waals surface area contributed by atoms with Gasteiger partial charge in [0.05, 0.1) is 0 Å². The number of phenolic OH excluding ortho intramolecular Hbond substituents is 4. The number of benzene rings is 2. The first-order valence-electron chi connectivity index (χ1n) is 9.19. The monoisotopic (exact) mass is 415 g/mol. The van der Waals surface area contributed by atoms with Gasteiger partial charge in [0.2, 0.25) is 5.91 Å². The van der Waals surface area contributed by atoms with Crippen LogP contribution in [0.4, 0.5) is 0 Å². The maximum Gasteiger partial charge on any atom is 0.329 e. The Labute approximate surface area is 174 Å². The van der Waals surface area contributed by atoms with Crippen molar-refractivity contribution >= 4 is 18.0 Å². The summed E-state index contributed by atoms with van der Waals surface area (Å²) < 4.78 is 5.37. The molecule has 2 rings (SSSR count). The Bertz CT molecular complexity index is 960. The molecule has 160 valence electrons. The summed E-state index contributed by atoms with van der Waals surface area (Å²) in [7, 11) is 0. The highest BCUT2D eigenvalue weighted by atomic mass is 16.6. The number of hydrogen-bond donors (Lipinski definition) is 5. The first-order chi connectivity index (χ1) is 13.9. The lowest BCUT2D eigenvalue weighted by Gasteiger charge is -2.24. The van der Waals surface area contributed by atoms with E-state index in [4.69, 9.17) is 4.74 Å². The van der Waals surface area contributed by atoms with Crippen LogP contribution >= 0.6 is 0 Å². The Morgan fingerprint density at radius 2 is 1.57 bits per heavy atom. The quantitative estimate of drug-likeness (QED) is 0.278. The van der Waals surface area contributed by atoms with Gasteiger partial charge in [-0.05, 0) is 62.2 Å². The van der Waals surface area contributed by atoms with Crippen molar-refractivity contribution in [1.82, 2.24) is 5.32 Å². The highest BCUT2D eigenvalue weighted by Crippen LogP contribution is 2.26. The molecule has 0 aliphatic rings. The average Bonchev–Trinajstić information content (AvgIpc) is 2.63. The molecule has 5 N–H and O–H groups in total. The molecule has 30 heavy (non-hydrogen) atoms. The normalized spacial score (nSPS) is 12.5. The molecule has 2 aromatic rings. The first kappa shape index (κ1) is 22.6. The van der Waals surface area contributed by atoms with Crippen LogP contribution in [0, 0.1) is 0 Å². The van der Waals surface area contributed by atoms with Crippen LogP contribution < -0.4 is 5.32 Å². The molecule has 1 amide bonds. The fraction of sp³-hybridized carbons (Fsp3) is 0.273. The van der Waals surface area contributed by atoms with Crippen LogP contribution in [-0.2, 0) is 20.7 Å². The van der Waals surface area contributed by atoms with Gasteiger partial charge in [-0.3, -0.25) is 4.79 Å². The zero-order valence-electron chi connectivity index (χ0n) is 16.9. The lowest BCUT2D eigenvalue weighted by atomic mass is 10.0. The standard InChI is InChI=1S/C22H25NO7/c1-22(2,3)30-21(29)15(10-14-5-8-17(25)19(27)12-14)23-20(28)9-6-13-4-7-16(24)18(26)11-13/h4-9,11-12,15,24-27H,10H2,1-3H3,(H,23,28)/b9-6+/t15-/m0/s1. The number of rotatable bonds is 6. The Morgan fingerprint density at radius 3 is 2.13 bits per heavy atom. The summed E-state index contributed by atoms with van der Waals surface area (Å²) in [4.78, 5) is 24.9. The smallest absolute Gasteiger partial charge is 0.329 e. The number of nitrogens with one attached hydrogen (secondary N) is 1. The largest absolute Gasteiger partial charge is 0.504 e. The third-order valence-electron chi connectivity index (χ3n) is 3.91. The molecular weight excluding hydrogens is 390 g/mol. The third kappa shape index (κ3) is 6.73. The first-order valence-corrected chi connectivity index (χ1v) is 9.19. The molecule has 0 saturated heterocycles. The molecule has 8 nitrogen and oxygen atoms in total. The minimum absolute atomic E-state index is 0.0301. The van der Waals surface area contributed by atoms with E-state index in [1.54, 1.807) is 20.8 Å². The van der Waals surface area contributed by atoms with E-state index in [0.29, 0.717) is 11.1 Å². The van der Waals surface area contributed by atoms with Crippen LogP contribution in [0.1, 0.15) is 31.9 Å². The number of ether oxygens (including phenoxy) is 1. The molecule has 0 aliphatic carbocycles. The van der Waals surface area contributed by atoms with Crippen molar-refractivity contribution in [3.63, 3.8) is 0 Å². The van der Waals surface area contributed by atoms with Crippen LogP contribution in [0.15, 0.2) is 42.5 Å². The molecule has 0 fully saturated rings. The summed E-state index contributed by atoms with van der Waals surface area (Å²) in [5.41, 5.74) is 0.211. The average molecular weight is 415 g/mol. The highest BCUT2D eigenvalue weighted by Gasteiger charge is 2.26. The summed E-state index contributed by atoms with van der Waals surface area (Å²) in [6.45, 7) is 5.11. The van der Waals surface area contributed by atoms with Crippen molar-refractivity contribution < 1.29 is 34.8 Å². The minimum Gasteiger partial charge on any atom is -0.504 e. The molecule has 0 heterocycles. The number of esters is 1. The van der Waals surface area contributed by atoms with Gasteiger partial charge in [0, 0.05) is 12.5 Å². The van der Waals surface area contributed by atoms with Crippen LogP contribution in [0.2, 0.25) is 0 Å². The second-order valence-corrected chi connectivity index (χ2v) is 7.70. The van der Waals surface area contributed by atoms with Crippen LogP contribution in [-0.4, -0.2) is 43.9 Å². The van der Waals surface area contributed by atoms with Crippen LogP contribution in [0.5, 0.6) is 23.0 Å². The molecule has 0 spiro atoms. The number of aromatic hydroxyl groups is 4. The molecule has 0 aromatic heterocycles. The van der Waals surface area contributed by atoms with E-state index in [-0.39, 0.29) is 29.4 Å². The topological polar surface area (TPSA) is 136 Å². The van der Waals surface area contributed by atoms with Gasteiger partial charge < -0.3 is 30.5 Å². The maximum atomic E-state index is 12.6. The summed E-state index contributed by atoms with van der Waals surface area (Å²) >= 11 is 0. The number of carbonyl (C=O) groups excluding carboxylic acids is 2. The Morgan fingerprint density at radius 1 is 0.967 bits per heavy atom. The molecular formula is C22H25NO7. The minimum atomic E-state index is -1.04. The van der Waals surface area contributed by atoms with E-state index in [1.807, 2.05) is 0 Å². The van der Waals surface area contributed by atoms with E-state index in [1.165, 1.54) is 48.6 Å². The van der Waals surface area contributed by atoms with Crippen molar-refractivity contribution in [3.8, 4) is 23.0 Å². The predicted octanol–water partition coefficient (Wildman–Crippen LogP) is 2.59. The number of hydrogen-bond acceptors (Lipinski definition) is 7. The van der Waals surface area contributed by atoms with Gasteiger partial charge >= 0.3 is 5.97 Å². The second kappa shape index (κ2) is 9.21.